The SMILES string of the molecule is Cc1ccc(OCc2ccccn2)c(C(=O)O)c1. The third-order valence-corrected chi connectivity index (χ3v) is 2.47. The molecule has 0 saturated heterocycles. The molecular formula is C14H13NO3. The largest absolute Gasteiger partial charge is 0.486 e. The zero-order chi connectivity index (χ0) is 13.0. The average molecular weight is 243 g/mol. The summed E-state index contributed by atoms with van der Waals surface area (Å²) in [4.78, 5) is 15.2. The number of aromatic nitrogens is 1. The maximum atomic E-state index is 11.1. The van der Waals surface area contributed by atoms with Gasteiger partial charge in [0, 0.05) is 6.20 Å². The molecule has 0 aliphatic rings. The zero-order valence-corrected chi connectivity index (χ0v) is 9.96. The first kappa shape index (κ1) is 12.1. The Bertz CT molecular complexity index is 552. The number of aryl methyl sites for hydroxylation is 1. The van der Waals surface area contributed by atoms with Crippen molar-refractivity contribution in [3.05, 3.63) is 59.4 Å². The van der Waals surface area contributed by atoms with Crippen LogP contribution in [0.4, 0.5) is 0 Å². The number of hydrogen-bond donors (Lipinski definition) is 1. The van der Waals surface area contributed by atoms with Crippen molar-refractivity contribution in [2.24, 2.45) is 0 Å². The number of ether oxygens (including phenoxy) is 1. The fourth-order valence-corrected chi connectivity index (χ4v) is 1.57. The number of carboxylic acid groups (broad SMARTS) is 1. The lowest BCUT2D eigenvalue weighted by molar-refractivity contribution is 0.0691. The number of rotatable bonds is 4. The van der Waals surface area contributed by atoms with Crippen LogP contribution in [0, 0.1) is 6.92 Å². The van der Waals surface area contributed by atoms with E-state index < -0.39 is 5.97 Å². The van der Waals surface area contributed by atoms with Gasteiger partial charge in [0.15, 0.2) is 0 Å². The van der Waals surface area contributed by atoms with Crippen LogP contribution in [0.3, 0.4) is 0 Å². The van der Waals surface area contributed by atoms with Crippen molar-refractivity contribution in [1.82, 2.24) is 4.98 Å². The second kappa shape index (κ2) is 5.31. The van der Waals surface area contributed by atoms with Gasteiger partial charge < -0.3 is 9.84 Å². The smallest absolute Gasteiger partial charge is 0.339 e. The van der Waals surface area contributed by atoms with E-state index in [4.69, 9.17) is 9.84 Å². The maximum Gasteiger partial charge on any atom is 0.339 e. The summed E-state index contributed by atoms with van der Waals surface area (Å²) in [5, 5.41) is 9.09. The van der Waals surface area contributed by atoms with Crippen LogP contribution in [0.2, 0.25) is 0 Å². The van der Waals surface area contributed by atoms with Gasteiger partial charge in [-0.05, 0) is 31.2 Å². The van der Waals surface area contributed by atoms with Crippen LogP contribution in [0.5, 0.6) is 5.75 Å². The van der Waals surface area contributed by atoms with E-state index >= 15 is 0 Å². The Morgan fingerprint density at radius 2 is 2.17 bits per heavy atom. The van der Waals surface area contributed by atoms with Crippen molar-refractivity contribution in [1.29, 1.82) is 0 Å². The summed E-state index contributed by atoms with van der Waals surface area (Å²) >= 11 is 0. The molecule has 1 aromatic carbocycles. The summed E-state index contributed by atoms with van der Waals surface area (Å²) in [6.07, 6.45) is 1.67. The van der Waals surface area contributed by atoms with Crippen molar-refractivity contribution >= 4 is 5.97 Å². The molecule has 4 heteroatoms. The fraction of sp³-hybridized carbons (Fsp3) is 0.143. The molecule has 2 aromatic rings. The highest BCUT2D eigenvalue weighted by Gasteiger charge is 2.11. The highest BCUT2D eigenvalue weighted by molar-refractivity contribution is 5.91. The van der Waals surface area contributed by atoms with Crippen LogP contribution in [0.15, 0.2) is 42.6 Å². The van der Waals surface area contributed by atoms with Crippen molar-refractivity contribution in [3.8, 4) is 5.75 Å². The second-order valence-corrected chi connectivity index (χ2v) is 3.91. The summed E-state index contributed by atoms with van der Waals surface area (Å²) in [7, 11) is 0. The van der Waals surface area contributed by atoms with Gasteiger partial charge in [0.25, 0.3) is 0 Å². The first-order chi connectivity index (χ1) is 8.66. The predicted molar refractivity (Wildman–Crippen MR) is 66.7 cm³/mol. The fourth-order valence-electron chi connectivity index (χ4n) is 1.57. The Morgan fingerprint density at radius 1 is 1.33 bits per heavy atom. The molecular weight excluding hydrogens is 230 g/mol. The van der Waals surface area contributed by atoms with Crippen molar-refractivity contribution in [2.75, 3.05) is 0 Å². The Labute approximate surface area is 105 Å². The maximum absolute atomic E-state index is 11.1. The monoisotopic (exact) mass is 243 g/mol. The minimum Gasteiger partial charge on any atom is -0.486 e. The molecule has 0 fully saturated rings. The number of aromatic carboxylic acids is 1. The van der Waals surface area contributed by atoms with Gasteiger partial charge in [-0.15, -0.1) is 0 Å². The topological polar surface area (TPSA) is 59.4 Å². The third kappa shape index (κ3) is 2.85. The number of carbonyl (C=O) groups is 1. The molecule has 1 N–H and O–H groups in total. The number of carboxylic acids is 1. The van der Waals surface area contributed by atoms with Gasteiger partial charge in [0.05, 0.1) is 5.69 Å². The zero-order valence-electron chi connectivity index (χ0n) is 9.96. The van der Waals surface area contributed by atoms with Crippen LogP contribution in [-0.2, 0) is 6.61 Å². The molecule has 18 heavy (non-hydrogen) atoms. The number of hydrogen-bond acceptors (Lipinski definition) is 3. The average Bonchev–Trinajstić information content (AvgIpc) is 2.38. The van der Waals surface area contributed by atoms with E-state index in [-0.39, 0.29) is 12.2 Å². The van der Waals surface area contributed by atoms with Crippen molar-refractivity contribution < 1.29 is 14.6 Å². The van der Waals surface area contributed by atoms with Crippen molar-refractivity contribution in [3.63, 3.8) is 0 Å². The Hall–Kier alpha value is -2.36. The third-order valence-electron chi connectivity index (χ3n) is 2.47. The van der Waals surface area contributed by atoms with Gasteiger partial charge in [0.1, 0.15) is 17.9 Å². The molecule has 0 saturated carbocycles. The lowest BCUT2D eigenvalue weighted by Crippen LogP contribution is -2.04. The Morgan fingerprint density at radius 3 is 2.83 bits per heavy atom. The van der Waals surface area contributed by atoms with Crippen LogP contribution in [0.25, 0.3) is 0 Å². The molecule has 0 spiro atoms. The Kier molecular flexibility index (Phi) is 3.57. The van der Waals surface area contributed by atoms with E-state index in [2.05, 4.69) is 4.98 Å². The van der Waals surface area contributed by atoms with Crippen LogP contribution < -0.4 is 4.74 Å². The van der Waals surface area contributed by atoms with Gasteiger partial charge >= 0.3 is 5.97 Å². The quantitative estimate of drug-likeness (QED) is 0.896. The first-order valence-electron chi connectivity index (χ1n) is 5.53. The summed E-state index contributed by atoms with van der Waals surface area (Å²) in [5.41, 5.74) is 1.82. The van der Waals surface area contributed by atoms with Gasteiger partial charge in [-0.25, -0.2) is 4.79 Å². The molecule has 4 nitrogen and oxygen atoms in total. The standard InChI is InChI=1S/C14H13NO3/c1-10-5-6-13(12(8-10)14(16)17)18-9-11-4-2-3-7-15-11/h2-8H,9H2,1H3,(H,16,17). The van der Waals surface area contributed by atoms with Crippen LogP contribution in [-0.4, -0.2) is 16.1 Å². The number of pyridine rings is 1. The van der Waals surface area contributed by atoms with Gasteiger partial charge in [-0.1, -0.05) is 17.7 Å². The molecule has 0 amide bonds. The van der Waals surface area contributed by atoms with Crippen LogP contribution >= 0.6 is 0 Å². The van der Waals surface area contributed by atoms with Gasteiger partial charge in [-0.2, -0.15) is 0 Å². The number of benzene rings is 1. The molecule has 2 rings (SSSR count). The second-order valence-electron chi connectivity index (χ2n) is 3.91. The van der Waals surface area contributed by atoms with Crippen molar-refractivity contribution in [2.45, 2.75) is 13.5 Å². The summed E-state index contributed by atoms with van der Waals surface area (Å²) in [5.74, 6) is -0.631. The van der Waals surface area contributed by atoms with Gasteiger partial charge in [-0.3, -0.25) is 4.98 Å². The first-order valence-corrected chi connectivity index (χ1v) is 5.53. The summed E-state index contributed by atoms with van der Waals surface area (Å²) in [6, 6.07) is 10.6. The molecule has 92 valence electrons. The van der Waals surface area contributed by atoms with E-state index in [1.807, 2.05) is 31.2 Å². The lowest BCUT2D eigenvalue weighted by Gasteiger charge is -2.09. The molecule has 0 bridgehead atoms. The minimum atomic E-state index is -0.991. The molecule has 1 heterocycles. The van der Waals surface area contributed by atoms with E-state index in [0.717, 1.165) is 11.3 Å². The molecule has 1 aromatic heterocycles. The molecule has 0 atom stereocenters. The van der Waals surface area contributed by atoms with E-state index in [9.17, 15) is 4.79 Å². The van der Waals surface area contributed by atoms with Gasteiger partial charge in [0.2, 0.25) is 0 Å². The molecule has 0 aliphatic heterocycles. The number of nitrogens with zero attached hydrogens (tertiary/aromatic N) is 1. The molecule has 0 aliphatic carbocycles. The predicted octanol–water partition coefficient (Wildman–Crippen LogP) is 2.67. The van der Waals surface area contributed by atoms with E-state index in [1.54, 1.807) is 18.3 Å². The normalized spacial score (nSPS) is 10.1. The highest BCUT2D eigenvalue weighted by Crippen LogP contribution is 2.20. The molecule has 0 radical (unpaired) electrons. The van der Waals surface area contributed by atoms with Crippen LogP contribution in [0.1, 0.15) is 21.6 Å². The summed E-state index contributed by atoms with van der Waals surface area (Å²) < 4.78 is 5.50. The highest BCUT2D eigenvalue weighted by atomic mass is 16.5. The Balaban J connectivity index is 2.17. The summed E-state index contributed by atoms with van der Waals surface area (Å²) in [6.45, 7) is 2.10. The van der Waals surface area contributed by atoms with E-state index in [0.29, 0.717) is 5.75 Å². The molecule has 0 unspecified atom stereocenters. The minimum absolute atomic E-state index is 0.172. The van der Waals surface area contributed by atoms with E-state index in [1.165, 1.54) is 0 Å². The lowest BCUT2D eigenvalue weighted by atomic mass is 10.1.